The van der Waals surface area contributed by atoms with Gasteiger partial charge in [0.2, 0.25) is 65.0 Å². The molecule has 1 aliphatic rings. The first kappa shape index (κ1) is 59.6. The first-order chi connectivity index (χ1) is 34.5. The monoisotopic (exact) mass is 1060 g/mol. The van der Waals surface area contributed by atoms with Crippen LogP contribution in [0.1, 0.15) is 43.2 Å². The van der Waals surface area contributed by atoms with E-state index in [0.717, 1.165) is 26.5 Å². The van der Waals surface area contributed by atoms with Gasteiger partial charge in [-0.05, 0) is 42.5 Å². The number of aliphatic imine (C=N–C) groups is 1. The predicted molar refractivity (Wildman–Crippen MR) is 268 cm³/mol. The molecule has 20 N–H and O–H groups in total. The molecule has 0 aliphatic carbocycles. The summed E-state index contributed by atoms with van der Waals surface area (Å²) in [5, 5.41) is 27.3. The Kier molecular flexibility index (Phi) is 24.7. The Balaban J connectivity index is 2.02. The van der Waals surface area contributed by atoms with Crippen LogP contribution < -0.4 is 71.6 Å². The maximum absolute atomic E-state index is 14.2. The number of carbonyl (C=O) groups excluding carboxylic acids is 11. The van der Waals surface area contributed by atoms with Gasteiger partial charge in [0.1, 0.15) is 42.0 Å². The highest BCUT2D eigenvalue weighted by molar-refractivity contribution is 8.76. The Bertz CT molecular complexity index is 2330. The predicted octanol–water partition coefficient (Wildman–Crippen LogP) is -5.94. The van der Waals surface area contributed by atoms with Crippen LogP contribution in [0.3, 0.4) is 0 Å². The molecule has 1 fully saturated rings. The lowest BCUT2D eigenvalue weighted by molar-refractivity contribution is -0.139. The van der Waals surface area contributed by atoms with Crippen LogP contribution in [-0.2, 0) is 65.6 Å². The fourth-order valence-electron chi connectivity index (χ4n) is 6.83. The SMILES string of the molecule is CN(CC(=O)N[C@H](CCCN=C(N)N)C(=O)NCC(N)=O)C(=O)[C@@H]1CSSC[C@@H](N)C(=O)N[C@H](Cc2ccc(O)cc2)C(=O)N[C@@H](Cc2ccccc2)C(=O)N[C@H](CCC(N)=O)C(=O)N[C@@H](CC(N)=O)C(=O)N1. The lowest BCUT2D eigenvalue weighted by atomic mass is 10.0. The molecule has 11 amide bonds. The third kappa shape index (κ3) is 22.1. The number of amides is 11. The molecule has 1 aliphatic heterocycles. The topological polar surface area (TPSA) is 464 Å². The van der Waals surface area contributed by atoms with Crippen LogP contribution in [-0.4, -0.2) is 161 Å². The minimum Gasteiger partial charge on any atom is -0.508 e. The Morgan fingerprint density at radius 3 is 1.85 bits per heavy atom. The molecular formula is C44H63N15O12S2. The fraction of sp³-hybridized carbons (Fsp3) is 0.455. The number of nitrogens with zero attached hydrogens (tertiary/aromatic N) is 2. The van der Waals surface area contributed by atoms with E-state index in [1.807, 2.05) is 0 Å². The summed E-state index contributed by atoms with van der Waals surface area (Å²) < 4.78 is 0. The van der Waals surface area contributed by atoms with E-state index >= 15 is 0 Å². The van der Waals surface area contributed by atoms with E-state index in [1.165, 1.54) is 31.3 Å². The van der Waals surface area contributed by atoms with Crippen molar-refractivity contribution < 1.29 is 57.8 Å². The van der Waals surface area contributed by atoms with E-state index < -0.39 is 140 Å². The van der Waals surface area contributed by atoms with Gasteiger partial charge < -0.3 is 81.6 Å². The molecule has 2 aromatic rings. The Morgan fingerprint density at radius 1 is 0.712 bits per heavy atom. The summed E-state index contributed by atoms with van der Waals surface area (Å²) in [6.07, 6.45) is -1.86. The number of nitrogens with one attached hydrogen (secondary N) is 7. The van der Waals surface area contributed by atoms with E-state index in [0.29, 0.717) is 11.1 Å². The van der Waals surface area contributed by atoms with Crippen LogP contribution in [0.5, 0.6) is 5.75 Å². The molecule has 1 saturated heterocycles. The Morgan fingerprint density at radius 2 is 1.26 bits per heavy atom. The van der Waals surface area contributed by atoms with Gasteiger partial charge in [0.25, 0.3) is 0 Å². The summed E-state index contributed by atoms with van der Waals surface area (Å²) in [6, 6.07) is 3.88. The average molecular weight is 1060 g/mol. The van der Waals surface area contributed by atoms with E-state index in [4.69, 9.17) is 34.4 Å². The van der Waals surface area contributed by atoms with Gasteiger partial charge in [0.05, 0.1) is 25.6 Å². The van der Waals surface area contributed by atoms with Crippen molar-refractivity contribution in [1.82, 2.24) is 42.1 Å². The summed E-state index contributed by atoms with van der Waals surface area (Å²) in [6.45, 7) is -1.16. The van der Waals surface area contributed by atoms with Gasteiger partial charge in [-0.25, -0.2) is 0 Å². The molecule has 7 atom stereocenters. The number of hydrogen-bond acceptors (Lipinski definition) is 16. The fourth-order valence-corrected chi connectivity index (χ4v) is 9.10. The molecule has 2 aromatic carbocycles. The molecule has 0 saturated carbocycles. The minimum atomic E-state index is -1.80. The second-order valence-corrected chi connectivity index (χ2v) is 19.2. The number of likely N-dealkylation sites (N-methyl/N-ethyl adjacent to an activating group) is 1. The zero-order valence-corrected chi connectivity index (χ0v) is 41.5. The number of phenols is 1. The van der Waals surface area contributed by atoms with Gasteiger partial charge in [0.15, 0.2) is 5.96 Å². The molecule has 3 rings (SSSR count). The molecule has 0 aromatic heterocycles. The van der Waals surface area contributed by atoms with Gasteiger partial charge in [-0.2, -0.15) is 0 Å². The van der Waals surface area contributed by atoms with Crippen molar-refractivity contribution in [3.63, 3.8) is 0 Å². The first-order valence-electron chi connectivity index (χ1n) is 22.6. The number of rotatable bonds is 20. The van der Waals surface area contributed by atoms with E-state index in [-0.39, 0.29) is 55.4 Å². The highest BCUT2D eigenvalue weighted by atomic mass is 33.1. The molecular weight excluding hydrogens is 995 g/mol. The second-order valence-electron chi connectivity index (χ2n) is 16.7. The van der Waals surface area contributed by atoms with Crippen molar-refractivity contribution in [2.45, 2.75) is 87.2 Å². The number of phenolic OH excluding ortho intramolecular Hbond substituents is 1. The summed E-state index contributed by atoms with van der Waals surface area (Å²) in [4.78, 5) is 151. The maximum atomic E-state index is 14.2. The first-order valence-corrected chi connectivity index (χ1v) is 25.1. The van der Waals surface area contributed by atoms with Crippen molar-refractivity contribution in [1.29, 1.82) is 0 Å². The molecule has 1 heterocycles. The zero-order valence-electron chi connectivity index (χ0n) is 39.8. The Hall–Kier alpha value is -7.66. The number of nitrogens with two attached hydrogens (primary N) is 6. The molecule has 0 unspecified atom stereocenters. The highest BCUT2D eigenvalue weighted by Crippen LogP contribution is 2.24. The number of guanidine groups is 1. The van der Waals surface area contributed by atoms with Crippen molar-refractivity contribution in [2.24, 2.45) is 39.4 Å². The normalized spacial score (nSPS) is 20.7. The number of primary amides is 3. The molecule has 0 radical (unpaired) electrons. The van der Waals surface area contributed by atoms with Crippen LogP contribution >= 0.6 is 21.6 Å². The standard InChI is InChI=1S/C44H63N15O12S2/c1-59(20-36(64)53-27(8-5-15-51-44(49)50)38(66)52-19-35(48)63)43(71)32-22-73-72-21-26(45)37(65)55-29(17-24-9-11-25(60)12-10-24)41(69)56-30(16-23-6-3-2-4-7-23)40(68)54-28(13-14-33(46)61)39(67)57-31(18-34(47)62)42(70)58-32/h2-4,6-7,9-12,26-32,60H,5,8,13-22,45H2,1H3,(H2,46,61)(H2,47,62)(H2,48,63)(H,52,66)(H,53,64)(H,54,68)(H,55,65)(H,56,69)(H,57,67)(H,58,70)(H4,49,50,51)/t26-,27-,28-,29-,30+,31+,32+/m1/s1. The van der Waals surface area contributed by atoms with Crippen LogP contribution in [0.4, 0.5) is 0 Å². The van der Waals surface area contributed by atoms with Crippen LogP contribution in [0.25, 0.3) is 0 Å². The molecule has 73 heavy (non-hydrogen) atoms. The second kappa shape index (κ2) is 30.3. The minimum absolute atomic E-state index is 0.0158. The summed E-state index contributed by atoms with van der Waals surface area (Å²) >= 11 is 0. The van der Waals surface area contributed by atoms with E-state index in [9.17, 15) is 57.8 Å². The molecule has 398 valence electrons. The smallest absolute Gasteiger partial charge is 0.246 e. The van der Waals surface area contributed by atoms with Gasteiger partial charge in [-0.1, -0.05) is 64.1 Å². The van der Waals surface area contributed by atoms with Gasteiger partial charge in [-0.3, -0.25) is 57.7 Å². The molecule has 0 spiro atoms. The Labute approximate surface area is 427 Å². The quantitative estimate of drug-likeness (QED) is 0.0254. The summed E-state index contributed by atoms with van der Waals surface area (Å²) in [5.41, 5.74) is 34.1. The lowest BCUT2D eigenvalue weighted by Crippen LogP contribution is -2.61. The molecule has 0 bridgehead atoms. The molecule has 27 nitrogen and oxygen atoms in total. The number of carbonyl (C=O) groups is 11. The largest absolute Gasteiger partial charge is 0.508 e. The van der Waals surface area contributed by atoms with Gasteiger partial charge >= 0.3 is 0 Å². The number of aromatic hydroxyl groups is 1. The third-order valence-electron chi connectivity index (χ3n) is 10.6. The average Bonchev–Trinajstić information content (AvgIpc) is 3.32. The maximum Gasteiger partial charge on any atom is 0.246 e. The van der Waals surface area contributed by atoms with Crippen LogP contribution in [0.15, 0.2) is 59.6 Å². The van der Waals surface area contributed by atoms with E-state index in [2.05, 4.69) is 42.2 Å². The summed E-state index contributed by atoms with van der Waals surface area (Å²) in [7, 11) is 3.14. The van der Waals surface area contributed by atoms with Crippen LogP contribution in [0, 0.1) is 0 Å². The van der Waals surface area contributed by atoms with Gasteiger partial charge in [-0.15, -0.1) is 0 Å². The molecule has 29 heteroatoms. The number of benzene rings is 2. The third-order valence-corrected chi connectivity index (χ3v) is 13.0. The van der Waals surface area contributed by atoms with E-state index in [1.54, 1.807) is 30.3 Å². The highest BCUT2D eigenvalue weighted by Gasteiger charge is 2.35. The van der Waals surface area contributed by atoms with Crippen LogP contribution in [0.2, 0.25) is 0 Å². The number of hydrogen-bond donors (Lipinski definition) is 14. The van der Waals surface area contributed by atoms with Crippen molar-refractivity contribution in [2.75, 3.05) is 38.2 Å². The van der Waals surface area contributed by atoms with Crippen molar-refractivity contribution >= 4 is 92.5 Å². The van der Waals surface area contributed by atoms with Crippen molar-refractivity contribution in [3.8, 4) is 5.75 Å². The summed E-state index contributed by atoms with van der Waals surface area (Å²) in [5.74, 6) is -10.9. The van der Waals surface area contributed by atoms with Gasteiger partial charge in [0, 0.05) is 44.4 Å². The zero-order chi connectivity index (χ0) is 54.2. The van der Waals surface area contributed by atoms with Crippen molar-refractivity contribution in [3.05, 3.63) is 65.7 Å². The lowest BCUT2D eigenvalue weighted by Gasteiger charge is -2.28.